The van der Waals surface area contributed by atoms with Crippen LogP contribution in [0.5, 0.6) is 0 Å². The van der Waals surface area contributed by atoms with Crippen molar-refractivity contribution in [3.8, 4) is 0 Å². The largest absolute Gasteiger partial charge is 0.394 e. The van der Waals surface area contributed by atoms with Gasteiger partial charge < -0.3 is 10.8 Å². The summed E-state index contributed by atoms with van der Waals surface area (Å²) in [5.41, 5.74) is 6.11. The first-order valence-corrected chi connectivity index (χ1v) is 6.15. The Bertz CT molecular complexity index is 393. The number of hydrogen-bond acceptors (Lipinski definition) is 3. The van der Waals surface area contributed by atoms with E-state index in [9.17, 15) is 9.50 Å². The number of hydrogen-bond donors (Lipinski definition) is 2. The van der Waals surface area contributed by atoms with Gasteiger partial charge in [-0.25, -0.2) is 4.39 Å². The van der Waals surface area contributed by atoms with E-state index >= 15 is 0 Å². The summed E-state index contributed by atoms with van der Waals surface area (Å²) >= 11 is 0. The number of nitrogens with two attached hydrogens (primary N) is 1. The lowest BCUT2D eigenvalue weighted by Crippen LogP contribution is -2.50. The fourth-order valence-electron chi connectivity index (χ4n) is 2.05. The Labute approximate surface area is 108 Å². The van der Waals surface area contributed by atoms with E-state index in [4.69, 9.17) is 5.73 Å². The lowest BCUT2D eigenvalue weighted by Gasteiger charge is -2.42. The second-order valence-electron chi connectivity index (χ2n) is 5.41. The maximum absolute atomic E-state index is 13.9. The highest BCUT2D eigenvalue weighted by molar-refractivity contribution is 5.23. The van der Waals surface area contributed by atoms with Crippen LogP contribution < -0.4 is 5.73 Å². The lowest BCUT2D eigenvalue weighted by molar-refractivity contribution is 0.0358. The average Bonchev–Trinajstić information content (AvgIpc) is 2.31. The molecule has 0 aromatic heterocycles. The van der Waals surface area contributed by atoms with Crippen molar-refractivity contribution >= 4 is 0 Å². The third-order valence-corrected chi connectivity index (χ3v) is 3.48. The molecule has 0 spiro atoms. The number of aliphatic hydroxyl groups is 1. The summed E-state index contributed by atoms with van der Waals surface area (Å²) in [5.74, 6) is -0.264. The highest BCUT2D eigenvalue weighted by Crippen LogP contribution is 2.30. The summed E-state index contributed by atoms with van der Waals surface area (Å²) in [6, 6.07) is 6.13. The molecule has 3 nitrogen and oxygen atoms in total. The maximum Gasteiger partial charge on any atom is 0.128 e. The summed E-state index contributed by atoms with van der Waals surface area (Å²) in [4.78, 5) is 1.93. The minimum absolute atomic E-state index is 0.0127. The summed E-state index contributed by atoms with van der Waals surface area (Å²) in [5, 5.41) is 9.44. The number of likely N-dealkylation sites (N-methyl/N-ethyl adjacent to an activating group) is 1. The Kier molecular flexibility index (Phi) is 4.85. The first kappa shape index (κ1) is 15.1. The van der Waals surface area contributed by atoms with Gasteiger partial charge in [-0.2, -0.15) is 0 Å². The molecule has 0 aliphatic rings. The minimum Gasteiger partial charge on any atom is -0.394 e. The SMILES string of the molecule is CC(N)C(c1ccccc1F)N(C)C(C)(C)CO. The number of nitrogens with zero attached hydrogens (tertiary/aromatic N) is 1. The van der Waals surface area contributed by atoms with Gasteiger partial charge >= 0.3 is 0 Å². The lowest BCUT2D eigenvalue weighted by atomic mass is 9.93. The maximum atomic E-state index is 13.9. The Morgan fingerprint density at radius 1 is 1.39 bits per heavy atom. The molecule has 0 aliphatic carbocycles. The monoisotopic (exact) mass is 254 g/mol. The van der Waals surface area contributed by atoms with Crippen LogP contribution in [-0.4, -0.2) is 35.2 Å². The zero-order valence-corrected chi connectivity index (χ0v) is 11.5. The van der Waals surface area contributed by atoms with E-state index in [0.29, 0.717) is 5.56 Å². The molecule has 2 atom stereocenters. The fourth-order valence-corrected chi connectivity index (χ4v) is 2.05. The Morgan fingerprint density at radius 3 is 2.39 bits per heavy atom. The topological polar surface area (TPSA) is 49.5 Å². The summed E-state index contributed by atoms with van der Waals surface area (Å²) < 4.78 is 13.9. The smallest absolute Gasteiger partial charge is 0.128 e. The van der Waals surface area contributed by atoms with Crippen molar-refractivity contribution in [2.45, 2.75) is 38.4 Å². The van der Waals surface area contributed by atoms with Gasteiger partial charge in [-0.05, 0) is 33.9 Å². The number of halogens is 1. The standard InChI is InChI=1S/C14H23FN2O/c1-10(16)13(17(4)14(2,3)9-18)11-7-5-6-8-12(11)15/h5-8,10,13,18H,9,16H2,1-4H3. The van der Waals surface area contributed by atoms with Gasteiger partial charge in [0.05, 0.1) is 12.6 Å². The van der Waals surface area contributed by atoms with Crippen molar-refractivity contribution in [3.63, 3.8) is 0 Å². The first-order valence-electron chi connectivity index (χ1n) is 6.15. The number of benzene rings is 1. The molecule has 2 unspecified atom stereocenters. The van der Waals surface area contributed by atoms with E-state index in [0.717, 1.165) is 0 Å². The molecule has 0 fully saturated rings. The van der Waals surface area contributed by atoms with Gasteiger partial charge in [0.25, 0.3) is 0 Å². The van der Waals surface area contributed by atoms with Crippen molar-refractivity contribution < 1.29 is 9.50 Å². The van der Waals surface area contributed by atoms with Crippen LogP contribution in [0.3, 0.4) is 0 Å². The van der Waals surface area contributed by atoms with Crippen LogP contribution in [0.1, 0.15) is 32.4 Å². The van der Waals surface area contributed by atoms with Crippen molar-refractivity contribution in [1.29, 1.82) is 0 Å². The normalized spacial score (nSPS) is 15.8. The highest BCUT2D eigenvalue weighted by Gasteiger charge is 2.33. The van der Waals surface area contributed by atoms with Gasteiger partial charge in [0.1, 0.15) is 5.82 Å². The third kappa shape index (κ3) is 3.07. The number of aliphatic hydroxyl groups excluding tert-OH is 1. The van der Waals surface area contributed by atoms with Crippen LogP contribution >= 0.6 is 0 Å². The van der Waals surface area contributed by atoms with E-state index in [1.807, 2.05) is 32.7 Å². The van der Waals surface area contributed by atoms with Crippen LogP contribution in [0.2, 0.25) is 0 Å². The Morgan fingerprint density at radius 2 is 1.94 bits per heavy atom. The molecule has 0 heterocycles. The molecule has 4 heteroatoms. The zero-order chi connectivity index (χ0) is 13.9. The predicted molar refractivity (Wildman–Crippen MR) is 71.7 cm³/mol. The van der Waals surface area contributed by atoms with Crippen LogP contribution in [0, 0.1) is 5.82 Å². The fraction of sp³-hybridized carbons (Fsp3) is 0.571. The molecule has 0 saturated carbocycles. The molecule has 3 N–H and O–H groups in total. The van der Waals surface area contributed by atoms with Crippen LogP contribution in [0.4, 0.5) is 4.39 Å². The second-order valence-corrected chi connectivity index (χ2v) is 5.41. The van der Waals surface area contributed by atoms with Gasteiger partial charge in [-0.1, -0.05) is 18.2 Å². The van der Waals surface area contributed by atoms with Gasteiger partial charge in [0, 0.05) is 17.1 Å². The quantitative estimate of drug-likeness (QED) is 0.844. The molecule has 1 rings (SSSR count). The van der Waals surface area contributed by atoms with Crippen LogP contribution in [0.25, 0.3) is 0 Å². The van der Waals surface area contributed by atoms with E-state index < -0.39 is 5.54 Å². The summed E-state index contributed by atoms with van der Waals surface area (Å²) in [6.45, 7) is 5.65. The highest BCUT2D eigenvalue weighted by atomic mass is 19.1. The molecule has 0 amide bonds. The van der Waals surface area contributed by atoms with Crippen LogP contribution in [0.15, 0.2) is 24.3 Å². The number of rotatable bonds is 5. The second kappa shape index (κ2) is 5.78. The zero-order valence-electron chi connectivity index (χ0n) is 11.5. The minimum atomic E-state index is -0.458. The molecule has 1 aromatic rings. The molecular formula is C14H23FN2O. The van der Waals surface area contributed by atoms with Gasteiger partial charge in [0.15, 0.2) is 0 Å². The van der Waals surface area contributed by atoms with Crippen LogP contribution in [-0.2, 0) is 0 Å². The molecule has 0 radical (unpaired) electrons. The summed E-state index contributed by atoms with van der Waals surface area (Å²) in [6.07, 6.45) is 0. The van der Waals surface area contributed by atoms with Gasteiger partial charge in [-0.3, -0.25) is 4.90 Å². The molecule has 0 aliphatic heterocycles. The molecule has 0 bridgehead atoms. The molecule has 0 saturated heterocycles. The van der Waals surface area contributed by atoms with E-state index in [1.54, 1.807) is 18.2 Å². The van der Waals surface area contributed by atoms with Gasteiger partial charge in [0.2, 0.25) is 0 Å². The molecule has 1 aromatic carbocycles. The Hall–Kier alpha value is -0.970. The van der Waals surface area contributed by atoms with E-state index in [2.05, 4.69) is 0 Å². The van der Waals surface area contributed by atoms with Gasteiger partial charge in [-0.15, -0.1) is 0 Å². The van der Waals surface area contributed by atoms with Crippen molar-refractivity contribution in [1.82, 2.24) is 4.90 Å². The Balaban J connectivity index is 3.16. The average molecular weight is 254 g/mol. The van der Waals surface area contributed by atoms with Crippen molar-refractivity contribution in [3.05, 3.63) is 35.6 Å². The third-order valence-electron chi connectivity index (χ3n) is 3.48. The summed E-state index contributed by atoms with van der Waals surface area (Å²) in [7, 11) is 1.86. The van der Waals surface area contributed by atoms with Crippen molar-refractivity contribution in [2.24, 2.45) is 5.73 Å². The molecule has 18 heavy (non-hydrogen) atoms. The first-order chi connectivity index (χ1) is 8.31. The predicted octanol–water partition coefficient (Wildman–Crippen LogP) is 1.92. The molecular weight excluding hydrogens is 231 g/mol. The molecule has 102 valence electrons. The van der Waals surface area contributed by atoms with Crippen molar-refractivity contribution in [2.75, 3.05) is 13.7 Å². The van der Waals surface area contributed by atoms with E-state index in [-0.39, 0.29) is 24.5 Å². The van der Waals surface area contributed by atoms with E-state index in [1.165, 1.54) is 6.07 Å².